The van der Waals surface area contributed by atoms with Crippen molar-refractivity contribution in [3.8, 4) is 11.1 Å². The Morgan fingerprint density at radius 1 is 1.04 bits per heavy atom. The van der Waals surface area contributed by atoms with Crippen LogP contribution >= 0.6 is 43.2 Å². The molecule has 0 atom stereocenters. The molecule has 0 spiro atoms. The molecular weight excluding hydrogens is 486 g/mol. The summed E-state index contributed by atoms with van der Waals surface area (Å²) in [4.78, 5) is 11.4. The highest BCUT2D eigenvalue weighted by Gasteiger charge is 2.18. The molecule has 2 aromatic carbocycles. The summed E-state index contributed by atoms with van der Waals surface area (Å²) in [5.41, 5.74) is 4.61. The van der Waals surface area contributed by atoms with Crippen LogP contribution in [-0.4, -0.2) is 9.97 Å². The normalized spacial score (nSPS) is 11.1. The monoisotopic (exact) mass is 501 g/mol. The Morgan fingerprint density at radius 2 is 1.81 bits per heavy atom. The molecule has 0 saturated carbocycles. The van der Waals surface area contributed by atoms with Crippen LogP contribution in [0.1, 0.15) is 17.4 Å². The molecule has 0 saturated heterocycles. The molecule has 0 aliphatic carbocycles. The predicted octanol–water partition coefficient (Wildman–Crippen LogP) is 7.50. The van der Waals surface area contributed by atoms with Gasteiger partial charge in [0.05, 0.1) is 5.39 Å². The first-order valence-corrected chi connectivity index (χ1v) is 11.0. The van der Waals surface area contributed by atoms with E-state index in [9.17, 15) is 0 Å². The smallest absolute Gasteiger partial charge is 0.143 e. The minimum absolute atomic E-state index is 0.838. The highest BCUT2D eigenvalue weighted by molar-refractivity contribution is 9.10. The second-order valence-electron chi connectivity index (χ2n) is 6.25. The van der Waals surface area contributed by atoms with Gasteiger partial charge >= 0.3 is 0 Å². The van der Waals surface area contributed by atoms with E-state index in [0.717, 1.165) is 37.1 Å². The molecule has 0 aliphatic heterocycles. The molecule has 0 unspecified atom stereocenters. The molecule has 0 fully saturated rings. The summed E-state index contributed by atoms with van der Waals surface area (Å²) in [5, 5.41) is 4.57. The molecule has 4 rings (SSSR count). The lowest BCUT2D eigenvalue weighted by Crippen LogP contribution is -1.96. The van der Waals surface area contributed by atoms with Crippen LogP contribution in [0.4, 0.5) is 11.5 Å². The van der Waals surface area contributed by atoms with E-state index in [1.807, 2.05) is 0 Å². The third-order valence-corrected chi connectivity index (χ3v) is 7.07. The van der Waals surface area contributed by atoms with Crippen LogP contribution in [0.2, 0.25) is 0 Å². The van der Waals surface area contributed by atoms with Gasteiger partial charge in [-0.3, -0.25) is 0 Å². The number of hydrogen-bond acceptors (Lipinski definition) is 4. The highest BCUT2D eigenvalue weighted by Crippen LogP contribution is 2.42. The van der Waals surface area contributed by atoms with Crippen molar-refractivity contribution in [3.63, 3.8) is 0 Å². The summed E-state index contributed by atoms with van der Waals surface area (Å²) in [5.74, 6) is 0.838. The lowest BCUT2D eigenvalue weighted by Gasteiger charge is -2.10. The largest absolute Gasteiger partial charge is 0.340 e. The van der Waals surface area contributed by atoms with Crippen LogP contribution in [0.5, 0.6) is 0 Å². The Balaban J connectivity index is 1.89. The summed E-state index contributed by atoms with van der Waals surface area (Å²) >= 11 is 8.87. The minimum Gasteiger partial charge on any atom is -0.340 e. The molecule has 4 aromatic rings. The number of rotatable bonds is 4. The third-order valence-electron chi connectivity index (χ3n) is 4.45. The number of fused-ring (bicyclic) bond motifs is 1. The topological polar surface area (TPSA) is 37.8 Å². The molecule has 0 aliphatic rings. The Hall–Kier alpha value is -1.76. The van der Waals surface area contributed by atoms with Gasteiger partial charge in [0.2, 0.25) is 0 Å². The van der Waals surface area contributed by atoms with Gasteiger partial charge in [-0.2, -0.15) is 0 Å². The molecule has 136 valence electrons. The van der Waals surface area contributed by atoms with Crippen molar-refractivity contribution >= 4 is 64.9 Å². The van der Waals surface area contributed by atoms with Crippen molar-refractivity contribution in [2.45, 2.75) is 20.3 Å². The van der Waals surface area contributed by atoms with Gasteiger partial charge in [0, 0.05) is 25.1 Å². The SMILES string of the molecule is CCc1sc2ncnc(Nc3ccc(C)c(Br)c3)c2c1-c1ccc(Br)cc1. The predicted molar refractivity (Wildman–Crippen MR) is 122 cm³/mol. The number of hydrogen-bond donors (Lipinski definition) is 1. The molecule has 6 heteroatoms. The number of benzene rings is 2. The number of aryl methyl sites for hydroxylation is 2. The average molecular weight is 503 g/mol. The molecule has 1 N–H and O–H groups in total. The summed E-state index contributed by atoms with van der Waals surface area (Å²) in [7, 11) is 0. The average Bonchev–Trinajstić information content (AvgIpc) is 3.05. The number of halogens is 2. The second-order valence-corrected chi connectivity index (χ2v) is 9.11. The number of nitrogens with one attached hydrogen (secondary N) is 1. The van der Waals surface area contributed by atoms with Crippen LogP contribution in [0, 0.1) is 6.92 Å². The minimum atomic E-state index is 0.838. The number of nitrogens with zero attached hydrogens (tertiary/aromatic N) is 2. The maximum atomic E-state index is 4.57. The van der Waals surface area contributed by atoms with Gasteiger partial charge in [0.25, 0.3) is 0 Å². The summed E-state index contributed by atoms with van der Waals surface area (Å²) in [6.45, 7) is 4.26. The molecule has 2 heterocycles. The molecule has 0 amide bonds. The van der Waals surface area contributed by atoms with Crippen LogP contribution in [0.3, 0.4) is 0 Å². The van der Waals surface area contributed by atoms with Crippen molar-refractivity contribution in [1.29, 1.82) is 0 Å². The van der Waals surface area contributed by atoms with E-state index in [2.05, 4.69) is 103 Å². The van der Waals surface area contributed by atoms with E-state index in [-0.39, 0.29) is 0 Å². The van der Waals surface area contributed by atoms with E-state index in [0.29, 0.717) is 0 Å². The van der Waals surface area contributed by atoms with E-state index < -0.39 is 0 Å². The number of anilines is 2. The Kier molecular flexibility index (Phi) is 5.30. The van der Waals surface area contributed by atoms with Gasteiger partial charge in [-0.05, 0) is 48.7 Å². The number of thiophene rings is 1. The van der Waals surface area contributed by atoms with Gasteiger partial charge in [0.15, 0.2) is 0 Å². The van der Waals surface area contributed by atoms with Crippen molar-refractivity contribution < 1.29 is 0 Å². The first-order valence-electron chi connectivity index (χ1n) is 8.62. The van der Waals surface area contributed by atoms with E-state index in [1.54, 1.807) is 17.7 Å². The molecule has 0 bridgehead atoms. The molecule has 27 heavy (non-hydrogen) atoms. The fraction of sp³-hybridized carbons (Fsp3) is 0.143. The summed E-state index contributed by atoms with van der Waals surface area (Å²) < 4.78 is 2.15. The lowest BCUT2D eigenvalue weighted by molar-refractivity contribution is 1.19. The zero-order chi connectivity index (χ0) is 19.0. The van der Waals surface area contributed by atoms with Crippen LogP contribution in [0.25, 0.3) is 21.3 Å². The lowest BCUT2D eigenvalue weighted by atomic mass is 10.0. The van der Waals surface area contributed by atoms with Gasteiger partial charge in [-0.25, -0.2) is 9.97 Å². The first-order chi connectivity index (χ1) is 13.1. The fourth-order valence-electron chi connectivity index (χ4n) is 3.05. The highest BCUT2D eigenvalue weighted by atomic mass is 79.9. The zero-order valence-corrected chi connectivity index (χ0v) is 18.9. The fourth-order valence-corrected chi connectivity index (χ4v) is 4.80. The van der Waals surface area contributed by atoms with Crippen molar-refractivity contribution in [2.24, 2.45) is 0 Å². The molecule has 0 radical (unpaired) electrons. The first kappa shape index (κ1) is 18.6. The van der Waals surface area contributed by atoms with Crippen LogP contribution in [-0.2, 0) is 6.42 Å². The second kappa shape index (κ2) is 7.70. The van der Waals surface area contributed by atoms with Gasteiger partial charge in [-0.1, -0.05) is 57.0 Å². The van der Waals surface area contributed by atoms with Gasteiger partial charge < -0.3 is 5.32 Å². The Labute approximate surface area is 179 Å². The quantitative estimate of drug-likeness (QED) is 0.314. The van der Waals surface area contributed by atoms with E-state index in [1.165, 1.54) is 21.6 Å². The van der Waals surface area contributed by atoms with Gasteiger partial charge in [-0.15, -0.1) is 11.3 Å². The van der Waals surface area contributed by atoms with E-state index in [4.69, 9.17) is 0 Å². The maximum absolute atomic E-state index is 4.57. The molecule has 3 nitrogen and oxygen atoms in total. The molecular formula is C21H17Br2N3S. The van der Waals surface area contributed by atoms with Crippen molar-refractivity contribution in [2.75, 3.05) is 5.32 Å². The third kappa shape index (κ3) is 3.66. The standard InChI is InChI=1S/C21H17Br2N3S/c1-3-17-18(13-5-7-14(22)8-6-13)19-20(24-11-25-21(19)27-17)26-15-9-4-12(2)16(23)10-15/h4-11H,3H2,1-2H3,(H,24,25,26). The van der Waals surface area contributed by atoms with Crippen molar-refractivity contribution in [3.05, 3.63) is 68.2 Å². The van der Waals surface area contributed by atoms with Crippen LogP contribution < -0.4 is 5.32 Å². The molecule has 2 aromatic heterocycles. The van der Waals surface area contributed by atoms with Crippen LogP contribution in [0.15, 0.2) is 57.7 Å². The maximum Gasteiger partial charge on any atom is 0.143 e. The summed E-state index contributed by atoms with van der Waals surface area (Å²) in [6, 6.07) is 14.7. The Bertz CT molecular complexity index is 1120. The Morgan fingerprint density at radius 3 is 2.52 bits per heavy atom. The van der Waals surface area contributed by atoms with Crippen molar-refractivity contribution in [1.82, 2.24) is 9.97 Å². The number of aromatic nitrogens is 2. The van der Waals surface area contributed by atoms with E-state index >= 15 is 0 Å². The van der Waals surface area contributed by atoms with Gasteiger partial charge in [0.1, 0.15) is 17.0 Å². The summed E-state index contributed by atoms with van der Waals surface area (Å²) in [6.07, 6.45) is 2.59. The zero-order valence-electron chi connectivity index (χ0n) is 14.9.